The first-order valence-corrected chi connectivity index (χ1v) is 4.87. The lowest BCUT2D eigenvalue weighted by Crippen LogP contribution is -2.11. The molecule has 0 radical (unpaired) electrons. The summed E-state index contributed by atoms with van der Waals surface area (Å²) < 4.78 is 12.5. The molecule has 0 saturated heterocycles. The molecule has 1 amide bonds. The number of carbonyl (C=O) groups excluding carboxylic acids is 1. The molecular weight excluding hydrogens is 223 g/mol. The Morgan fingerprint density at radius 2 is 1.88 bits per heavy atom. The van der Waals surface area contributed by atoms with Crippen LogP contribution in [0.4, 0.5) is 10.1 Å². The van der Waals surface area contributed by atoms with Crippen molar-refractivity contribution in [3.63, 3.8) is 0 Å². The third kappa shape index (κ3) is 2.78. The Hall–Kier alpha value is -2.43. The van der Waals surface area contributed by atoms with E-state index in [4.69, 9.17) is 5.11 Å². The van der Waals surface area contributed by atoms with Gasteiger partial charge in [0.2, 0.25) is 5.95 Å². The molecule has 1 aromatic carbocycles. The molecule has 0 aliphatic carbocycles. The minimum Gasteiger partial charge on any atom is -0.508 e. The molecule has 0 spiro atoms. The van der Waals surface area contributed by atoms with E-state index in [-0.39, 0.29) is 11.7 Å². The van der Waals surface area contributed by atoms with Gasteiger partial charge >= 0.3 is 0 Å². The van der Waals surface area contributed by atoms with Crippen molar-refractivity contribution in [3.8, 4) is 5.75 Å². The van der Waals surface area contributed by atoms with Gasteiger partial charge in [-0.15, -0.1) is 0 Å². The smallest absolute Gasteiger partial charge is 0.255 e. The summed E-state index contributed by atoms with van der Waals surface area (Å²) in [7, 11) is 0. The summed E-state index contributed by atoms with van der Waals surface area (Å²) in [6.07, 6.45) is 1.23. The average molecular weight is 232 g/mol. The van der Waals surface area contributed by atoms with Gasteiger partial charge in [0.15, 0.2) is 0 Å². The van der Waals surface area contributed by atoms with Gasteiger partial charge in [-0.25, -0.2) is 4.98 Å². The van der Waals surface area contributed by atoms with E-state index in [0.29, 0.717) is 11.3 Å². The largest absolute Gasteiger partial charge is 0.508 e. The van der Waals surface area contributed by atoms with Crippen LogP contribution >= 0.6 is 0 Å². The number of aromatic nitrogens is 1. The third-order valence-electron chi connectivity index (χ3n) is 2.11. The third-order valence-corrected chi connectivity index (χ3v) is 2.11. The Bertz CT molecular complexity index is 523. The maximum absolute atomic E-state index is 12.5. The van der Waals surface area contributed by atoms with Crippen molar-refractivity contribution in [1.82, 2.24) is 4.98 Å². The summed E-state index contributed by atoms with van der Waals surface area (Å²) in [5, 5.41) is 11.6. The van der Waals surface area contributed by atoms with Crippen LogP contribution in [0, 0.1) is 5.95 Å². The van der Waals surface area contributed by atoms with Crippen LogP contribution in [0.5, 0.6) is 5.75 Å². The van der Waals surface area contributed by atoms with Gasteiger partial charge in [-0.05, 0) is 36.4 Å². The van der Waals surface area contributed by atoms with Gasteiger partial charge in [0.05, 0.1) is 11.9 Å². The Morgan fingerprint density at radius 3 is 2.47 bits per heavy atom. The predicted octanol–water partition coefficient (Wildman–Crippen LogP) is 2.18. The molecule has 2 N–H and O–H groups in total. The Labute approximate surface area is 96.7 Å². The topological polar surface area (TPSA) is 62.2 Å². The molecule has 17 heavy (non-hydrogen) atoms. The molecule has 0 atom stereocenters. The number of hydrogen-bond acceptors (Lipinski definition) is 3. The second-order valence-electron chi connectivity index (χ2n) is 3.37. The van der Waals surface area contributed by atoms with Crippen molar-refractivity contribution in [2.45, 2.75) is 0 Å². The maximum atomic E-state index is 12.5. The number of amides is 1. The van der Waals surface area contributed by atoms with E-state index in [1.54, 1.807) is 0 Å². The van der Waals surface area contributed by atoms with Gasteiger partial charge in [0.25, 0.3) is 5.91 Å². The number of phenols is 1. The highest BCUT2D eigenvalue weighted by atomic mass is 19.1. The Balaban J connectivity index is 2.11. The van der Waals surface area contributed by atoms with Crippen molar-refractivity contribution in [3.05, 3.63) is 54.1 Å². The molecule has 2 aromatic rings. The maximum Gasteiger partial charge on any atom is 0.255 e. The molecule has 0 saturated carbocycles. The number of nitrogens with zero attached hydrogens (tertiary/aromatic N) is 1. The van der Waals surface area contributed by atoms with Crippen molar-refractivity contribution < 1.29 is 14.3 Å². The number of pyridine rings is 1. The molecule has 1 heterocycles. The van der Waals surface area contributed by atoms with E-state index < -0.39 is 5.95 Å². The highest BCUT2D eigenvalue weighted by Gasteiger charge is 2.05. The lowest BCUT2D eigenvalue weighted by molar-refractivity contribution is 0.102. The second kappa shape index (κ2) is 4.61. The number of rotatable bonds is 2. The normalized spacial score (nSPS) is 9.94. The molecule has 2 rings (SSSR count). The van der Waals surface area contributed by atoms with Crippen molar-refractivity contribution in [2.24, 2.45) is 0 Å². The molecule has 5 heteroatoms. The first kappa shape index (κ1) is 11.1. The summed E-state index contributed by atoms with van der Waals surface area (Å²) >= 11 is 0. The molecule has 0 aliphatic heterocycles. The number of benzene rings is 1. The summed E-state index contributed by atoms with van der Waals surface area (Å²) in [5.74, 6) is -0.865. The average Bonchev–Trinajstić information content (AvgIpc) is 2.33. The standard InChI is InChI=1S/C12H9FN2O2/c13-11-6-3-9(7-14-11)15-12(17)8-1-4-10(16)5-2-8/h1-7,16H,(H,15,17). The second-order valence-corrected chi connectivity index (χ2v) is 3.37. The summed E-state index contributed by atoms with van der Waals surface area (Å²) in [5.41, 5.74) is 0.802. The summed E-state index contributed by atoms with van der Waals surface area (Å²) in [6, 6.07) is 8.38. The number of aromatic hydroxyl groups is 1. The first-order valence-electron chi connectivity index (χ1n) is 4.87. The van der Waals surface area contributed by atoms with Gasteiger partial charge < -0.3 is 10.4 Å². The lowest BCUT2D eigenvalue weighted by Gasteiger charge is -2.04. The molecule has 86 valence electrons. The molecular formula is C12H9FN2O2. The van der Waals surface area contributed by atoms with Crippen LogP contribution in [0.25, 0.3) is 0 Å². The fourth-order valence-electron chi connectivity index (χ4n) is 1.27. The fraction of sp³-hybridized carbons (Fsp3) is 0. The van der Waals surface area contributed by atoms with Gasteiger partial charge in [0.1, 0.15) is 5.75 Å². The van der Waals surface area contributed by atoms with E-state index >= 15 is 0 Å². The number of anilines is 1. The van der Waals surface area contributed by atoms with Crippen LogP contribution in [0.1, 0.15) is 10.4 Å². The van der Waals surface area contributed by atoms with E-state index in [0.717, 1.165) is 6.07 Å². The molecule has 4 nitrogen and oxygen atoms in total. The van der Waals surface area contributed by atoms with Gasteiger partial charge in [-0.1, -0.05) is 0 Å². The minimum atomic E-state index is -0.604. The number of phenolic OH excluding ortho intramolecular Hbond substituents is 1. The van der Waals surface area contributed by atoms with Crippen LogP contribution in [0.3, 0.4) is 0 Å². The molecule has 0 bridgehead atoms. The highest BCUT2D eigenvalue weighted by Crippen LogP contribution is 2.12. The van der Waals surface area contributed by atoms with Crippen LogP contribution in [-0.2, 0) is 0 Å². The quantitative estimate of drug-likeness (QED) is 0.780. The van der Waals surface area contributed by atoms with E-state index in [9.17, 15) is 9.18 Å². The van der Waals surface area contributed by atoms with E-state index in [1.807, 2.05) is 0 Å². The molecule has 0 unspecified atom stereocenters. The number of nitrogens with one attached hydrogen (secondary N) is 1. The zero-order chi connectivity index (χ0) is 12.3. The van der Waals surface area contributed by atoms with E-state index in [2.05, 4.69) is 10.3 Å². The van der Waals surface area contributed by atoms with Gasteiger partial charge in [-0.3, -0.25) is 4.79 Å². The zero-order valence-corrected chi connectivity index (χ0v) is 8.72. The van der Waals surface area contributed by atoms with E-state index in [1.165, 1.54) is 36.5 Å². The van der Waals surface area contributed by atoms with Crippen molar-refractivity contribution in [2.75, 3.05) is 5.32 Å². The van der Waals surface area contributed by atoms with Crippen LogP contribution in [0.15, 0.2) is 42.6 Å². The zero-order valence-electron chi connectivity index (χ0n) is 8.72. The van der Waals surface area contributed by atoms with Crippen molar-refractivity contribution in [1.29, 1.82) is 0 Å². The fourth-order valence-corrected chi connectivity index (χ4v) is 1.27. The monoisotopic (exact) mass is 232 g/mol. The van der Waals surface area contributed by atoms with Crippen molar-refractivity contribution >= 4 is 11.6 Å². The number of carbonyl (C=O) groups is 1. The van der Waals surface area contributed by atoms with Gasteiger partial charge in [-0.2, -0.15) is 4.39 Å². The molecule has 1 aromatic heterocycles. The Morgan fingerprint density at radius 1 is 1.18 bits per heavy atom. The highest BCUT2D eigenvalue weighted by molar-refractivity contribution is 6.04. The lowest BCUT2D eigenvalue weighted by atomic mass is 10.2. The Kier molecular flexibility index (Phi) is 3.00. The molecule has 0 fully saturated rings. The predicted molar refractivity (Wildman–Crippen MR) is 60.3 cm³/mol. The van der Waals surface area contributed by atoms with Gasteiger partial charge in [0, 0.05) is 5.56 Å². The number of hydrogen-bond donors (Lipinski definition) is 2. The van der Waals surface area contributed by atoms with Crippen LogP contribution < -0.4 is 5.32 Å². The SMILES string of the molecule is O=C(Nc1ccc(F)nc1)c1ccc(O)cc1. The number of halogens is 1. The minimum absolute atomic E-state index is 0.0880. The van der Waals surface area contributed by atoms with Crippen LogP contribution in [0.2, 0.25) is 0 Å². The summed E-state index contributed by atoms with van der Waals surface area (Å²) in [6.45, 7) is 0. The molecule has 0 aliphatic rings. The summed E-state index contributed by atoms with van der Waals surface area (Å²) in [4.78, 5) is 15.1. The first-order chi connectivity index (χ1) is 8.15. The van der Waals surface area contributed by atoms with Crippen LogP contribution in [-0.4, -0.2) is 16.0 Å².